The molecule has 0 saturated carbocycles. The smallest absolute Gasteiger partial charge is 0.433 e. The SMILES string of the molecule is N[S+]([O-])c1ccc(Cc2c(-c3ccccc3)nn(-c3nc(C=O)cs3)c2C(F)(F)F)cc1. The number of hydrogen-bond acceptors (Lipinski definition) is 6. The van der Waals surface area contributed by atoms with Crippen molar-refractivity contribution in [1.29, 1.82) is 0 Å². The molecule has 0 bridgehead atoms. The van der Waals surface area contributed by atoms with Crippen LogP contribution in [0.25, 0.3) is 16.4 Å². The van der Waals surface area contributed by atoms with Crippen LogP contribution in [-0.4, -0.2) is 25.6 Å². The average Bonchev–Trinajstić information content (AvgIpc) is 3.39. The Hall–Kier alpha value is -2.99. The molecule has 1 unspecified atom stereocenters. The van der Waals surface area contributed by atoms with E-state index in [-0.39, 0.29) is 28.5 Å². The van der Waals surface area contributed by atoms with Gasteiger partial charge in [0, 0.05) is 22.9 Å². The molecule has 1 atom stereocenters. The first-order valence-corrected chi connectivity index (χ1v) is 11.3. The Labute approximate surface area is 187 Å². The van der Waals surface area contributed by atoms with Crippen LogP contribution in [0.2, 0.25) is 0 Å². The Morgan fingerprint density at radius 3 is 2.38 bits per heavy atom. The van der Waals surface area contributed by atoms with Gasteiger partial charge in [-0.15, -0.1) is 16.5 Å². The Kier molecular flexibility index (Phi) is 6.15. The molecule has 4 aromatic rings. The van der Waals surface area contributed by atoms with E-state index in [1.54, 1.807) is 42.5 Å². The van der Waals surface area contributed by atoms with E-state index in [1.807, 2.05) is 0 Å². The Morgan fingerprint density at radius 2 is 1.81 bits per heavy atom. The standard InChI is InChI=1S/C21H15F3N4O2S2/c22-21(23,24)19-17(10-13-6-8-16(9-7-13)32(25)30)18(14-4-2-1-3-5-14)27-28(19)20-26-15(11-29)12-31-20/h1-9,11-12H,10,25H2. The summed E-state index contributed by atoms with van der Waals surface area (Å²) in [5.74, 6) is 0. The molecule has 2 aromatic carbocycles. The van der Waals surface area contributed by atoms with E-state index in [9.17, 15) is 22.5 Å². The highest BCUT2D eigenvalue weighted by molar-refractivity contribution is 7.89. The van der Waals surface area contributed by atoms with Crippen LogP contribution in [-0.2, 0) is 24.0 Å². The second-order valence-electron chi connectivity index (χ2n) is 6.74. The third-order valence-corrected chi connectivity index (χ3v) is 6.22. The summed E-state index contributed by atoms with van der Waals surface area (Å²) in [5, 5.41) is 10.9. The van der Waals surface area contributed by atoms with Crippen LogP contribution >= 0.6 is 11.3 Å². The van der Waals surface area contributed by atoms with E-state index in [0.717, 1.165) is 16.0 Å². The van der Waals surface area contributed by atoms with Crippen molar-refractivity contribution in [2.24, 2.45) is 5.14 Å². The van der Waals surface area contributed by atoms with Gasteiger partial charge in [-0.1, -0.05) is 42.5 Å². The molecule has 2 aromatic heterocycles. The molecule has 32 heavy (non-hydrogen) atoms. The molecular weight excluding hydrogens is 461 g/mol. The number of benzene rings is 2. The molecule has 0 spiro atoms. The fourth-order valence-electron chi connectivity index (χ4n) is 3.25. The van der Waals surface area contributed by atoms with Gasteiger partial charge in [0.05, 0.1) is 17.1 Å². The Morgan fingerprint density at radius 1 is 1.12 bits per heavy atom. The number of aromatic nitrogens is 3. The number of aldehydes is 1. The molecule has 0 aliphatic rings. The molecule has 6 nitrogen and oxygen atoms in total. The van der Waals surface area contributed by atoms with Gasteiger partial charge in [-0.25, -0.2) is 9.67 Å². The lowest BCUT2D eigenvalue weighted by Gasteiger charge is -2.12. The first-order chi connectivity index (χ1) is 15.3. The maximum atomic E-state index is 14.3. The number of carbonyl (C=O) groups is 1. The minimum Gasteiger partial charge on any atom is -0.593 e. The lowest BCUT2D eigenvalue weighted by molar-refractivity contribution is -0.143. The van der Waals surface area contributed by atoms with Crippen molar-refractivity contribution < 1.29 is 22.5 Å². The van der Waals surface area contributed by atoms with Gasteiger partial charge in [-0.05, 0) is 17.7 Å². The van der Waals surface area contributed by atoms with Gasteiger partial charge in [0.2, 0.25) is 5.13 Å². The highest BCUT2D eigenvalue weighted by atomic mass is 32.2. The maximum absolute atomic E-state index is 14.3. The van der Waals surface area contributed by atoms with Crippen molar-refractivity contribution in [2.45, 2.75) is 17.5 Å². The van der Waals surface area contributed by atoms with Gasteiger partial charge < -0.3 is 4.55 Å². The molecule has 164 valence electrons. The van der Waals surface area contributed by atoms with E-state index in [2.05, 4.69) is 10.1 Å². The van der Waals surface area contributed by atoms with Crippen molar-refractivity contribution in [3.63, 3.8) is 0 Å². The number of alkyl halides is 3. The summed E-state index contributed by atoms with van der Waals surface area (Å²) in [7, 11) is 0. The zero-order valence-electron chi connectivity index (χ0n) is 16.2. The molecule has 0 fully saturated rings. The third kappa shape index (κ3) is 4.46. The lowest BCUT2D eigenvalue weighted by Crippen LogP contribution is -2.16. The normalized spacial score (nSPS) is 12.7. The highest BCUT2D eigenvalue weighted by Gasteiger charge is 2.41. The fourth-order valence-corrected chi connectivity index (χ4v) is 4.38. The zero-order valence-corrected chi connectivity index (χ0v) is 17.9. The summed E-state index contributed by atoms with van der Waals surface area (Å²) < 4.78 is 55.0. The van der Waals surface area contributed by atoms with E-state index in [0.29, 0.717) is 22.3 Å². The summed E-state index contributed by atoms with van der Waals surface area (Å²) in [4.78, 5) is 15.3. The number of halogens is 3. The fraction of sp³-hybridized carbons (Fsp3) is 0.0952. The highest BCUT2D eigenvalue weighted by Crippen LogP contribution is 2.39. The van der Waals surface area contributed by atoms with Crippen molar-refractivity contribution in [3.05, 3.63) is 82.5 Å². The molecule has 0 amide bonds. The molecular formula is C21H15F3N4O2S2. The van der Waals surface area contributed by atoms with Crippen LogP contribution in [0.1, 0.15) is 27.3 Å². The molecule has 0 aliphatic carbocycles. The van der Waals surface area contributed by atoms with Gasteiger partial charge in [0.25, 0.3) is 0 Å². The summed E-state index contributed by atoms with van der Waals surface area (Å²) in [6.07, 6.45) is -4.34. The maximum Gasteiger partial charge on any atom is 0.433 e. The minimum absolute atomic E-state index is 0.0295. The van der Waals surface area contributed by atoms with Crippen LogP contribution in [0.5, 0.6) is 0 Å². The van der Waals surface area contributed by atoms with Crippen LogP contribution in [0.15, 0.2) is 64.9 Å². The number of carbonyl (C=O) groups excluding carboxylic acids is 1. The van der Waals surface area contributed by atoms with E-state index >= 15 is 0 Å². The third-order valence-electron chi connectivity index (χ3n) is 4.65. The lowest BCUT2D eigenvalue weighted by atomic mass is 9.99. The van der Waals surface area contributed by atoms with E-state index in [4.69, 9.17) is 5.14 Å². The summed E-state index contributed by atoms with van der Waals surface area (Å²) in [6.45, 7) is 0. The summed E-state index contributed by atoms with van der Waals surface area (Å²) in [5.41, 5.74) is 0.268. The van der Waals surface area contributed by atoms with Gasteiger partial charge in [-0.2, -0.15) is 18.3 Å². The average molecular weight is 477 g/mol. The van der Waals surface area contributed by atoms with Crippen LogP contribution in [0, 0.1) is 0 Å². The Balaban J connectivity index is 1.91. The second kappa shape index (κ2) is 8.87. The summed E-state index contributed by atoms with van der Waals surface area (Å²) in [6, 6.07) is 14.7. The molecule has 2 heterocycles. The molecule has 0 saturated heterocycles. The number of nitrogens with two attached hydrogens (primary N) is 1. The Bertz CT molecular complexity index is 1240. The van der Waals surface area contributed by atoms with E-state index < -0.39 is 23.2 Å². The molecule has 11 heteroatoms. The zero-order chi connectivity index (χ0) is 22.9. The topological polar surface area (TPSA) is 96.9 Å². The number of hydrogen-bond donors (Lipinski definition) is 1. The molecule has 4 rings (SSSR count). The van der Waals surface area contributed by atoms with Crippen molar-refractivity contribution in [1.82, 2.24) is 14.8 Å². The van der Waals surface area contributed by atoms with Gasteiger partial charge in [0.15, 0.2) is 16.9 Å². The van der Waals surface area contributed by atoms with Crippen molar-refractivity contribution in [3.8, 4) is 16.4 Å². The molecule has 2 N–H and O–H groups in total. The van der Waals surface area contributed by atoms with Crippen LogP contribution < -0.4 is 5.14 Å². The molecule has 0 aliphatic heterocycles. The minimum atomic E-state index is -4.74. The predicted molar refractivity (Wildman–Crippen MR) is 115 cm³/mol. The summed E-state index contributed by atoms with van der Waals surface area (Å²) >= 11 is -0.791. The number of nitrogens with zero attached hydrogens (tertiary/aromatic N) is 3. The van der Waals surface area contributed by atoms with E-state index in [1.165, 1.54) is 17.5 Å². The van der Waals surface area contributed by atoms with Crippen molar-refractivity contribution >= 4 is 29.0 Å². The predicted octanol–water partition coefficient (Wildman–Crippen LogP) is 4.40. The number of rotatable bonds is 6. The largest absolute Gasteiger partial charge is 0.593 e. The van der Waals surface area contributed by atoms with Crippen LogP contribution in [0.4, 0.5) is 13.2 Å². The van der Waals surface area contributed by atoms with Gasteiger partial charge >= 0.3 is 6.18 Å². The quantitative estimate of drug-likeness (QED) is 0.329. The van der Waals surface area contributed by atoms with Gasteiger partial charge in [0.1, 0.15) is 5.69 Å². The van der Waals surface area contributed by atoms with Crippen LogP contribution in [0.3, 0.4) is 0 Å². The molecule has 0 radical (unpaired) electrons. The first-order valence-electron chi connectivity index (χ1n) is 9.18. The monoisotopic (exact) mass is 476 g/mol. The second-order valence-corrected chi connectivity index (χ2v) is 8.65. The van der Waals surface area contributed by atoms with Crippen molar-refractivity contribution in [2.75, 3.05) is 0 Å². The number of thiazole rings is 1. The first kappa shape index (κ1) is 22.2. The van der Waals surface area contributed by atoms with Gasteiger partial charge in [-0.3, -0.25) is 4.79 Å².